The summed E-state index contributed by atoms with van der Waals surface area (Å²) in [5, 5.41) is 6.25. The molecule has 0 heterocycles. The molecule has 0 radical (unpaired) electrons. The molecule has 0 spiro atoms. The molecule has 0 bridgehead atoms. The Labute approximate surface area is 118 Å². The highest BCUT2D eigenvalue weighted by Crippen LogP contribution is 1.80. The Morgan fingerprint density at radius 2 is 1.53 bits per heavy atom. The number of carbonyl (C=O) groups is 1. The molecule has 116 valence electrons. The van der Waals surface area contributed by atoms with Gasteiger partial charge in [-0.3, -0.25) is 4.79 Å². The predicted molar refractivity (Wildman–Crippen MR) is 79.7 cm³/mol. The quantitative estimate of drug-likeness (QED) is 0.525. The van der Waals surface area contributed by atoms with Gasteiger partial charge in [0.25, 0.3) is 0 Å². The van der Waals surface area contributed by atoms with Gasteiger partial charge in [0.2, 0.25) is 0 Å². The largest absolute Gasteiger partial charge is 0.378 e. The molecular weight excluding hydrogens is 244 g/mol. The van der Waals surface area contributed by atoms with Gasteiger partial charge in [-0.25, -0.2) is 0 Å². The summed E-state index contributed by atoms with van der Waals surface area (Å²) in [7, 11) is 0. The van der Waals surface area contributed by atoms with Crippen molar-refractivity contribution in [1.29, 1.82) is 0 Å². The van der Waals surface area contributed by atoms with Crippen LogP contribution in [0, 0.1) is 0 Å². The number of hydrogen-bond acceptors (Lipinski definition) is 5. The summed E-state index contributed by atoms with van der Waals surface area (Å²) in [4.78, 5) is 10.6. The van der Waals surface area contributed by atoms with Crippen molar-refractivity contribution in [1.82, 2.24) is 10.6 Å². The second kappa shape index (κ2) is 17.5. The minimum Gasteiger partial charge on any atom is -0.378 e. The van der Waals surface area contributed by atoms with E-state index in [9.17, 15) is 4.79 Å². The molecule has 0 aromatic heterocycles. The summed E-state index contributed by atoms with van der Waals surface area (Å²) >= 11 is 0. The smallest absolute Gasteiger partial charge is 0.143 e. The Bertz CT molecular complexity index is 188. The van der Waals surface area contributed by atoms with Crippen molar-refractivity contribution >= 4 is 5.78 Å². The van der Waals surface area contributed by atoms with E-state index >= 15 is 0 Å². The van der Waals surface area contributed by atoms with Crippen LogP contribution >= 0.6 is 0 Å². The maximum atomic E-state index is 10.6. The van der Waals surface area contributed by atoms with Gasteiger partial charge in [0.1, 0.15) is 5.78 Å². The highest BCUT2D eigenvalue weighted by molar-refractivity contribution is 5.77. The number of hydrogen-bond donors (Lipinski definition) is 2. The number of rotatable bonds is 12. The molecule has 0 aliphatic rings. The Balaban J connectivity index is 0. The van der Waals surface area contributed by atoms with E-state index in [1.165, 1.54) is 0 Å². The summed E-state index contributed by atoms with van der Waals surface area (Å²) in [6.45, 7) is 14.3. The zero-order chi connectivity index (χ0) is 14.9. The number of nitrogens with one attached hydrogen (secondary N) is 2. The predicted octanol–water partition coefficient (Wildman–Crippen LogP) is 1.22. The molecule has 0 aliphatic carbocycles. The van der Waals surface area contributed by atoms with Crippen LogP contribution in [0.5, 0.6) is 0 Å². The molecule has 2 N–H and O–H groups in total. The van der Waals surface area contributed by atoms with E-state index in [4.69, 9.17) is 9.47 Å². The van der Waals surface area contributed by atoms with Crippen molar-refractivity contribution < 1.29 is 14.3 Å². The van der Waals surface area contributed by atoms with Crippen LogP contribution in [0.4, 0.5) is 0 Å². The van der Waals surface area contributed by atoms with Crippen LogP contribution in [-0.4, -0.2) is 57.9 Å². The van der Waals surface area contributed by atoms with Crippen molar-refractivity contribution in [2.75, 3.05) is 46.1 Å². The molecule has 0 rings (SSSR count). The van der Waals surface area contributed by atoms with E-state index in [0.717, 1.165) is 6.54 Å². The number of carbonyl (C=O) groups excluding carboxylic acids is 1. The van der Waals surface area contributed by atoms with Gasteiger partial charge in [-0.1, -0.05) is 27.7 Å². The lowest BCUT2D eigenvalue weighted by Crippen LogP contribution is -2.27. The van der Waals surface area contributed by atoms with Crippen LogP contribution in [0.1, 0.15) is 34.6 Å². The zero-order valence-electron chi connectivity index (χ0n) is 13.3. The Kier molecular flexibility index (Phi) is 19.2. The van der Waals surface area contributed by atoms with E-state index in [1.807, 2.05) is 13.8 Å². The van der Waals surface area contributed by atoms with E-state index < -0.39 is 0 Å². The van der Waals surface area contributed by atoms with Gasteiger partial charge in [-0.15, -0.1) is 0 Å². The van der Waals surface area contributed by atoms with Crippen molar-refractivity contribution in [3.63, 3.8) is 0 Å². The molecule has 0 aromatic rings. The van der Waals surface area contributed by atoms with E-state index in [-0.39, 0.29) is 5.78 Å². The summed E-state index contributed by atoms with van der Waals surface area (Å²) < 4.78 is 10.7. The SMILES string of the molecule is CC.CC(=O)CNCCOCCOCCNC(C)C. The summed E-state index contributed by atoms with van der Waals surface area (Å²) in [6, 6.07) is 0.502. The lowest BCUT2D eigenvalue weighted by atomic mass is 10.4. The summed E-state index contributed by atoms with van der Waals surface area (Å²) in [6.07, 6.45) is 0. The molecule has 5 heteroatoms. The second-order valence-corrected chi connectivity index (χ2v) is 4.21. The zero-order valence-corrected chi connectivity index (χ0v) is 13.3. The average Bonchev–Trinajstić information content (AvgIpc) is 2.37. The minimum atomic E-state index is 0.144. The van der Waals surface area contributed by atoms with E-state index in [0.29, 0.717) is 45.6 Å². The number of ether oxygens (including phenoxy) is 2. The van der Waals surface area contributed by atoms with Crippen molar-refractivity contribution in [3.05, 3.63) is 0 Å². The number of ketones is 1. The van der Waals surface area contributed by atoms with Crippen LogP contribution in [0.2, 0.25) is 0 Å². The van der Waals surface area contributed by atoms with Gasteiger partial charge < -0.3 is 20.1 Å². The molecule has 0 atom stereocenters. The summed E-state index contributed by atoms with van der Waals surface area (Å²) in [5.41, 5.74) is 0. The third-order valence-electron chi connectivity index (χ3n) is 1.97. The minimum absolute atomic E-state index is 0.144. The molecule has 5 nitrogen and oxygen atoms in total. The molecule has 0 saturated heterocycles. The highest BCUT2D eigenvalue weighted by atomic mass is 16.5. The first-order valence-electron chi connectivity index (χ1n) is 7.22. The Morgan fingerprint density at radius 3 is 2.00 bits per heavy atom. The van der Waals surface area contributed by atoms with Crippen LogP contribution in [0.3, 0.4) is 0 Å². The fraction of sp³-hybridized carbons (Fsp3) is 0.929. The van der Waals surface area contributed by atoms with Gasteiger partial charge in [0, 0.05) is 19.1 Å². The average molecular weight is 276 g/mol. The van der Waals surface area contributed by atoms with Crippen molar-refractivity contribution in [2.45, 2.75) is 40.7 Å². The van der Waals surface area contributed by atoms with Crippen LogP contribution in [-0.2, 0) is 14.3 Å². The molecule has 0 unspecified atom stereocenters. The topological polar surface area (TPSA) is 59.6 Å². The lowest BCUT2D eigenvalue weighted by molar-refractivity contribution is -0.116. The van der Waals surface area contributed by atoms with Gasteiger partial charge in [-0.05, 0) is 6.92 Å². The van der Waals surface area contributed by atoms with Gasteiger partial charge in [0.15, 0.2) is 0 Å². The van der Waals surface area contributed by atoms with Crippen LogP contribution in [0.15, 0.2) is 0 Å². The first-order chi connectivity index (χ1) is 9.13. The third kappa shape index (κ3) is 23.1. The lowest BCUT2D eigenvalue weighted by Gasteiger charge is -2.09. The van der Waals surface area contributed by atoms with Crippen LogP contribution in [0.25, 0.3) is 0 Å². The van der Waals surface area contributed by atoms with Gasteiger partial charge in [0.05, 0.1) is 33.0 Å². The maximum Gasteiger partial charge on any atom is 0.143 e. The Hall–Kier alpha value is -0.490. The molecular formula is C14H32N2O3. The molecule has 19 heavy (non-hydrogen) atoms. The Morgan fingerprint density at radius 1 is 1.00 bits per heavy atom. The number of Topliss-reactive ketones (excluding diaryl/α,β-unsaturated/α-hetero) is 1. The fourth-order valence-corrected chi connectivity index (χ4v) is 1.15. The standard InChI is InChI=1S/C12H26N2O3.C2H6/c1-11(2)14-5-7-17-9-8-16-6-4-13-10-12(3)15;1-2/h11,13-14H,4-10H2,1-3H3;1-2H3. The van der Waals surface area contributed by atoms with Crippen LogP contribution < -0.4 is 10.6 Å². The normalized spacial score (nSPS) is 10.2. The van der Waals surface area contributed by atoms with Gasteiger partial charge in [-0.2, -0.15) is 0 Å². The first-order valence-corrected chi connectivity index (χ1v) is 7.22. The maximum absolute atomic E-state index is 10.6. The summed E-state index contributed by atoms with van der Waals surface area (Å²) in [5.74, 6) is 0.144. The van der Waals surface area contributed by atoms with Crippen molar-refractivity contribution in [3.8, 4) is 0 Å². The fourth-order valence-electron chi connectivity index (χ4n) is 1.15. The van der Waals surface area contributed by atoms with Gasteiger partial charge >= 0.3 is 0 Å². The van der Waals surface area contributed by atoms with E-state index in [1.54, 1.807) is 6.92 Å². The highest BCUT2D eigenvalue weighted by Gasteiger charge is 1.94. The van der Waals surface area contributed by atoms with E-state index in [2.05, 4.69) is 24.5 Å². The molecule has 0 aromatic carbocycles. The third-order valence-corrected chi connectivity index (χ3v) is 1.97. The first kappa shape index (κ1) is 20.8. The molecule has 0 aliphatic heterocycles. The second-order valence-electron chi connectivity index (χ2n) is 4.21. The molecule has 0 amide bonds. The van der Waals surface area contributed by atoms with Crippen molar-refractivity contribution in [2.24, 2.45) is 0 Å². The monoisotopic (exact) mass is 276 g/mol. The molecule has 0 fully saturated rings. The molecule has 0 saturated carbocycles.